The van der Waals surface area contributed by atoms with E-state index in [9.17, 15) is 22.8 Å². The minimum Gasteiger partial charge on any atom is -0.493 e. The lowest BCUT2D eigenvalue weighted by Gasteiger charge is -2.17. The van der Waals surface area contributed by atoms with E-state index < -0.39 is 29.3 Å². The van der Waals surface area contributed by atoms with Crippen molar-refractivity contribution in [3.8, 4) is 11.5 Å². The molecule has 0 saturated carbocycles. The van der Waals surface area contributed by atoms with Crippen molar-refractivity contribution in [2.75, 3.05) is 32.1 Å². The molecule has 154 valence electrons. The molecule has 0 aromatic heterocycles. The Balaban J connectivity index is 1.53. The Bertz CT molecular complexity index is 899. The lowest BCUT2D eigenvalue weighted by molar-refractivity contribution is -0.128. The van der Waals surface area contributed by atoms with Crippen LogP contribution in [0.15, 0.2) is 36.4 Å². The maximum atomic E-state index is 13.3. The summed E-state index contributed by atoms with van der Waals surface area (Å²) in [5.41, 5.74) is -0.211. The van der Waals surface area contributed by atoms with Crippen molar-refractivity contribution in [3.63, 3.8) is 0 Å². The van der Waals surface area contributed by atoms with Crippen LogP contribution in [0.2, 0.25) is 0 Å². The van der Waals surface area contributed by atoms with E-state index >= 15 is 0 Å². The predicted molar refractivity (Wildman–Crippen MR) is 98.1 cm³/mol. The van der Waals surface area contributed by atoms with E-state index in [0.717, 1.165) is 0 Å². The van der Waals surface area contributed by atoms with Crippen LogP contribution in [-0.2, 0) is 9.59 Å². The predicted octanol–water partition coefficient (Wildman–Crippen LogP) is 2.98. The fraction of sp³-hybridized carbons (Fsp3) is 0.300. The van der Waals surface area contributed by atoms with Gasteiger partial charge in [-0.2, -0.15) is 0 Å². The fourth-order valence-electron chi connectivity index (χ4n) is 3.04. The normalized spacial score (nSPS) is 16.1. The highest BCUT2D eigenvalue weighted by molar-refractivity contribution is 5.97. The standard InChI is InChI=1S/C20H19F3N2O4/c1-28-16-4-2-3-5-17(16)29-7-6-25-11-12(8-18(25)26)20(27)24-13-9-14(21)19(23)15(22)10-13/h2-5,9-10,12H,6-8,11H2,1H3,(H,24,27)/t12-/m1/s1. The Morgan fingerprint density at radius 1 is 1.17 bits per heavy atom. The van der Waals surface area contributed by atoms with Crippen LogP contribution in [0.4, 0.5) is 18.9 Å². The molecule has 3 rings (SSSR count). The van der Waals surface area contributed by atoms with Crippen LogP contribution in [-0.4, -0.2) is 43.5 Å². The second kappa shape index (κ2) is 8.85. The number of anilines is 1. The molecular weight excluding hydrogens is 389 g/mol. The Hall–Kier alpha value is -3.23. The van der Waals surface area contributed by atoms with Crippen molar-refractivity contribution in [3.05, 3.63) is 53.8 Å². The molecule has 1 saturated heterocycles. The zero-order valence-corrected chi connectivity index (χ0v) is 15.6. The number of hydrogen-bond donors (Lipinski definition) is 1. The molecule has 0 bridgehead atoms. The Labute approximate surface area is 165 Å². The molecule has 1 atom stereocenters. The summed E-state index contributed by atoms with van der Waals surface area (Å²) < 4.78 is 50.4. The first kappa shape index (κ1) is 20.5. The van der Waals surface area contributed by atoms with Gasteiger partial charge in [0.25, 0.3) is 0 Å². The summed E-state index contributed by atoms with van der Waals surface area (Å²) in [7, 11) is 1.52. The average Bonchev–Trinajstić information content (AvgIpc) is 3.07. The molecule has 6 nitrogen and oxygen atoms in total. The van der Waals surface area contributed by atoms with E-state index in [1.54, 1.807) is 24.3 Å². The van der Waals surface area contributed by atoms with Crippen molar-refractivity contribution in [2.24, 2.45) is 5.92 Å². The first-order chi connectivity index (χ1) is 13.9. The number of rotatable bonds is 7. The third-order valence-corrected chi connectivity index (χ3v) is 4.52. The SMILES string of the molecule is COc1ccccc1OCCN1C[C@H](C(=O)Nc2cc(F)c(F)c(F)c2)CC1=O. The molecule has 2 aromatic carbocycles. The van der Waals surface area contributed by atoms with Gasteiger partial charge in [-0.25, -0.2) is 13.2 Å². The largest absolute Gasteiger partial charge is 0.493 e. The highest BCUT2D eigenvalue weighted by Gasteiger charge is 2.34. The first-order valence-electron chi connectivity index (χ1n) is 8.88. The molecule has 1 aliphatic rings. The highest BCUT2D eigenvalue weighted by atomic mass is 19.2. The quantitative estimate of drug-likeness (QED) is 0.716. The molecule has 0 aliphatic carbocycles. The Morgan fingerprint density at radius 3 is 2.48 bits per heavy atom. The summed E-state index contributed by atoms with van der Waals surface area (Å²) in [5, 5.41) is 2.32. The molecule has 2 amide bonds. The molecule has 2 aromatic rings. The minimum absolute atomic E-state index is 0.0351. The second-order valence-corrected chi connectivity index (χ2v) is 6.48. The molecule has 0 radical (unpaired) electrons. The van der Waals surface area contributed by atoms with Crippen LogP contribution in [0.25, 0.3) is 0 Å². The second-order valence-electron chi connectivity index (χ2n) is 6.48. The van der Waals surface area contributed by atoms with Gasteiger partial charge in [0.1, 0.15) is 6.61 Å². The number of amides is 2. The minimum atomic E-state index is -1.61. The van der Waals surface area contributed by atoms with Gasteiger partial charge >= 0.3 is 0 Å². The molecule has 29 heavy (non-hydrogen) atoms. The number of halogens is 3. The van der Waals surface area contributed by atoms with Crippen LogP contribution in [0.5, 0.6) is 11.5 Å². The maximum absolute atomic E-state index is 13.3. The van der Waals surface area contributed by atoms with Gasteiger partial charge < -0.3 is 19.7 Å². The van der Waals surface area contributed by atoms with E-state index in [1.165, 1.54) is 12.0 Å². The number of nitrogens with one attached hydrogen (secondary N) is 1. The Kier molecular flexibility index (Phi) is 6.26. The molecule has 0 spiro atoms. The number of carbonyl (C=O) groups is 2. The van der Waals surface area contributed by atoms with E-state index in [2.05, 4.69) is 5.32 Å². The molecule has 1 N–H and O–H groups in total. The van der Waals surface area contributed by atoms with Gasteiger partial charge in [-0.15, -0.1) is 0 Å². The van der Waals surface area contributed by atoms with Gasteiger partial charge in [0.2, 0.25) is 11.8 Å². The van der Waals surface area contributed by atoms with Crippen LogP contribution in [0, 0.1) is 23.4 Å². The van der Waals surface area contributed by atoms with Crippen molar-refractivity contribution >= 4 is 17.5 Å². The molecule has 1 heterocycles. The number of benzene rings is 2. The van der Waals surface area contributed by atoms with Gasteiger partial charge in [0, 0.05) is 30.8 Å². The van der Waals surface area contributed by atoms with E-state index in [4.69, 9.17) is 9.47 Å². The topological polar surface area (TPSA) is 67.9 Å². The van der Waals surface area contributed by atoms with Gasteiger partial charge in [-0.3, -0.25) is 9.59 Å². The summed E-state index contributed by atoms with van der Waals surface area (Å²) in [6, 6.07) is 8.45. The monoisotopic (exact) mass is 408 g/mol. The molecule has 1 fully saturated rings. The number of carbonyl (C=O) groups excluding carboxylic acids is 2. The number of nitrogens with zero attached hydrogens (tertiary/aromatic N) is 1. The van der Waals surface area contributed by atoms with Crippen molar-refractivity contribution in [1.82, 2.24) is 4.90 Å². The third kappa shape index (κ3) is 4.79. The van der Waals surface area contributed by atoms with Crippen LogP contribution < -0.4 is 14.8 Å². The number of likely N-dealkylation sites (tertiary alicyclic amines) is 1. The fourth-order valence-corrected chi connectivity index (χ4v) is 3.04. The maximum Gasteiger partial charge on any atom is 0.229 e. The lowest BCUT2D eigenvalue weighted by Crippen LogP contribution is -2.31. The zero-order chi connectivity index (χ0) is 21.0. The summed E-state index contributed by atoms with van der Waals surface area (Å²) in [4.78, 5) is 25.9. The van der Waals surface area contributed by atoms with Gasteiger partial charge in [-0.05, 0) is 12.1 Å². The van der Waals surface area contributed by atoms with Crippen LogP contribution >= 0.6 is 0 Å². The summed E-state index contributed by atoms with van der Waals surface area (Å²) in [6.45, 7) is 0.613. The van der Waals surface area contributed by atoms with Gasteiger partial charge in [-0.1, -0.05) is 12.1 Å². The van der Waals surface area contributed by atoms with Crippen molar-refractivity contribution in [2.45, 2.75) is 6.42 Å². The number of methoxy groups -OCH3 is 1. The smallest absolute Gasteiger partial charge is 0.229 e. The molecule has 9 heteroatoms. The summed E-state index contributed by atoms with van der Waals surface area (Å²) in [6.07, 6.45) is -0.0351. The average molecular weight is 408 g/mol. The number of para-hydroxylation sites is 2. The molecule has 0 unspecified atom stereocenters. The first-order valence-corrected chi connectivity index (χ1v) is 8.88. The van der Waals surface area contributed by atoms with E-state index in [0.29, 0.717) is 23.6 Å². The Morgan fingerprint density at radius 2 is 1.83 bits per heavy atom. The molecular formula is C20H19F3N2O4. The summed E-state index contributed by atoms with van der Waals surface area (Å²) in [5.74, 6) is -4.81. The number of ether oxygens (including phenoxy) is 2. The zero-order valence-electron chi connectivity index (χ0n) is 15.6. The van der Waals surface area contributed by atoms with Crippen molar-refractivity contribution < 1.29 is 32.2 Å². The van der Waals surface area contributed by atoms with Gasteiger partial charge in [0.15, 0.2) is 29.0 Å². The van der Waals surface area contributed by atoms with Gasteiger partial charge in [0.05, 0.1) is 19.6 Å². The van der Waals surface area contributed by atoms with Crippen LogP contribution in [0.1, 0.15) is 6.42 Å². The highest BCUT2D eigenvalue weighted by Crippen LogP contribution is 2.26. The lowest BCUT2D eigenvalue weighted by atomic mass is 10.1. The van der Waals surface area contributed by atoms with Crippen molar-refractivity contribution in [1.29, 1.82) is 0 Å². The van der Waals surface area contributed by atoms with Crippen LogP contribution in [0.3, 0.4) is 0 Å². The van der Waals surface area contributed by atoms with E-state index in [1.807, 2.05) is 0 Å². The van der Waals surface area contributed by atoms with E-state index in [-0.39, 0.29) is 37.7 Å². The summed E-state index contributed by atoms with van der Waals surface area (Å²) >= 11 is 0. The molecule has 1 aliphatic heterocycles. The number of hydrogen-bond acceptors (Lipinski definition) is 4. The third-order valence-electron chi connectivity index (χ3n) is 4.52.